The van der Waals surface area contributed by atoms with Crippen molar-refractivity contribution in [2.45, 2.75) is 0 Å². The molecule has 3 aromatic heterocycles. The van der Waals surface area contributed by atoms with Crippen molar-refractivity contribution in [1.82, 2.24) is 9.97 Å². The molecule has 13 heavy (non-hydrogen) atoms. The van der Waals surface area contributed by atoms with Crippen molar-refractivity contribution in [3.8, 4) is 0 Å². The van der Waals surface area contributed by atoms with Gasteiger partial charge >= 0.3 is 0 Å². The second-order valence-corrected chi connectivity index (χ2v) is 3.61. The molecule has 3 heteroatoms. The van der Waals surface area contributed by atoms with Gasteiger partial charge in [-0.3, -0.25) is 9.97 Å². The Morgan fingerprint density at radius 3 is 3.15 bits per heavy atom. The molecule has 0 bridgehead atoms. The number of thiophene rings is 1. The van der Waals surface area contributed by atoms with Gasteiger partial charge in [0.1, 0.15) is 0 Å². The van der Waals surface area contributed by atoms with Gasteiger partial charge in [0.05, 0.1) is 11.0 Å². The second-order valence-electron chi connectivity index (χ2n) is 2.87. The third-order valence-electron chi connectivity index (χ3n) is 2.08. The van der Waals surface area contributed by atoms with Crippen LogP contribution in [-0.4, -0.2) is 9.97 Å². The summed E-state index contributed by atoms with van der Waals surface area (Å²) in [6.45, 7) is 0. The quantitative estimate of drug-likeness (QED) is 0.539. The van der Waals surface area contributed by atoms with Gasteiger partial charge in [-0.25, -0.2) is 0 Å². The number of hydrogen-bond acceptors (Lipinski definition) is 3. The minimum absolute atomic E-state index is 0.966. The highest BCUT2D eigenvalue weighted by Crippen LogP contribution is 2.24. The zero-order chi connectivity index (χ0) is 8.67. The molecular weight excluding hydrogens is 180 g/mol. The van der Waals surface area contributed by atoms with Gasteiger partial charge in [-0.2, -0.15) is 11.3 Å². The van der Waals surface area contributed by atoms with Crippen LogP contribution in [0.15, 0.2) is 35.3 Å². The first-order valence-corrected chi connectivity index (χ1v) is 4.95. The summed E-state index contributed by atoms with van der Waals surface area (Å²) in [5, 5.41) is 6.59. The minimum Gasteiger partial charge on any atom is -0.254 e. The van der Waals surface area contributed by atoms with E-state index in [1.807, 2.05) is 18.3 Å². The Hall–Kier alpha value is -1.48. The highest BCUT2D eigenvalue weighted by atomic mass is 32.1. The summed E-state index contributed by atoms with van der Waals surface area (Å²) in [7, 11) is 0. The first-order valence-electron chi connectivity index (χ1n) is 4.01. The molecule has 0 fully saturated rings. The van der Waals surface area contributed by atoms with Crippen LogP contribution in [0, 0.1) is 0 Å². The molecule has 0 aromatic carbocycles. The van der Waals surface area contributed by atoms with E-state index in [1.54, 1.807) is 17.5 Å². The SMILES string of the molecule is c1cnc2c(c1)ncc1cscc12. The first-order chi connectivity index (χ1) is 6.45. The van der Waals surface area contributed by atoms with Crippen molar-refractivity contribution < 1.29 is 0 Å². The molecule has 0 atom stereocenters. The van der Waals surface area contributed by atoms with E-state index in [4.69, 9.17) is 0 Å². The highest BCUT2D eigenvalue weighted by molar-refractivity contribution is 7.09. The Morgan fingerprint density at radius 2 is 2.15 bits per heavy atom. The molecule has 0 aliphatic heterocycles. The zero-order valence-corrected chi connectivity index (χ0v) is 7.58. The maximum Gasteiger partial charge on any atom is 0.0973 e. The predicted molar refractivity (Wildman–Crippen MR) is 54.9 cm³/mol. The Kier molecular flexibility index (Phi) is 1.34. The topological polar surface area (TPSA) is 25.8 Å². The summed E-state index contributed by atoms with van der Waals surface area (Å²) in [5.41, 5.74) is 1.97. The van der Waals surface area contributed by atoms with E-state index < -0.39 is 0 Å². The van der Waals surface area contributed by atoms with Gasteiger partial charge in [-0.1, -0.05) is 0 Å². The maximum atomic E-state index is 4.33. The zero-order valence-electron chi connectivity index (χ0n) is 6.77. The van der Waals surface area contributed by atoms with Crippen LogP contribution in [0.5, 0.6) is 0 Å². The monoisotopic (exact) mass is 186 g/mol. The summed E-state index contributed by atoms with van der Waals surface area (Å²) in [6.07, 6.45) is 3.71. The molecule has 0 aliphatic carbocycles. The van der Waals surface area contributed by atoms with Crippen LogP contribution in [-0.2, 0) is 0 Å². The van der Waals surface area contributed by atoms with E-state index in [1.165, 1.54) is 10.8 Å². The van der Waals surface area contributed by atoms with E-state index >= 15 is 0 Å². The summed E-state index contributed by atoms with van der Waals surface area (Å²) < 4.78 is 0. The molecule has 0 radical (unpaired) electrons. The smallest absolute Gasteiger partial charge is 0.0973 e. The van der Waals surface area contributed by atoms with Crippen molar-refractivity contribution in [2.75, 3.05) is 0 Å². The second kappa shape index (κ2) is 2.50. The van der Waals surface area contributed by atoms with E-state index in [2.05, 4.69) is 20.7 Å². The third-order valence-corrected chi connectivity index (χ3v) is 2.84. The molecule has 0 N–H and O–H groups in total. The standard InChI is InChI=1S/C10H6N2S/c1-2-9-10(11-3-1)8-6-13-5-7(8)4-12-9/h1-6H. The third kappa shape index (κ3) is 0.939. The lowest BCUT2D eigenvalue weighted by atomic mass is 10.2. The number of fused-ring (bicyclic) bond motifs is 3. The highest BCUT2D eigenvalue weighted by Gasteiger charge is 2.01. The number of rotatable bonds is 0. The van der Waals surface area contributed by atoms with Gasteiger partial charge in [0, 0.05) is 33.9 Å². The average Bonchev–Trinajstić information content (AvgIpc) is 2.65. The van der Waals surface area contributed by atoms with Crippen molar-refractivity contribution in [2.24, 2.45) is 0 Å². The number of pyridine rings is 2. The normalized spacial score (nSPS) is 11.1. The Labute approximate surface area is 78.9 Å². The first kappa shape index (κ1) is 6.97. The fourth-order valence-electron chi connectivity index (χ4n) is 1.45. The Bertz CT molecular complexity index is 571. The van der Waals surface area contributed by atoms with E-state index in [0.29, 0.717) is 0 Å². The fourth-order valence-corrected chi connectivity index (χ4v) is 2.23. The van der Waals surface area contributed by atoms with Crippen LogP contribution >= 0.6 is 11.3 Å². The molecule has 0 amide bonds. The van der Waals surface area contributed by atoms with Gasteiger partial charge in [-0.15, -0.1) is 0 Å². The summed E-state index contributed by atoms with van der Waals surface area (Å²) in [4.78, 5) is 8.65. The van der Waals surface area contributed by atoms with Crippen LogP contribution in [0.3, 0.4) is 0 Å². The maximum absolute atomic E-state index is 4.33. The Morgan fingerprint density at radius 1 is 1.15 bits per heavy atom. The molecule has 2 nitrogen and oxygen atoms in total. The van der Waals surface area contributed by atoms with Crippen molar-refractivity contribution in [3.05, 3.63) is 35.3 Å². The summed E-state index contributed by atoms with van der Waals surface area (Å²) >= 11 is 1.69. The molecule has 0 unspecified atom stereocenters. The lowest BCUT2D eigenvalue weighted by Gasteiger charge is -1.95. The summed E-state index contributed by atoms with van der Waals surface area (Å²) in [5.74, 6) is 0. The van der Waals surface area contributed by atoms with Gasteiger partial charge in [0.15, 0.2) is 0 Å². The Balaban J connectivity index is 2.65. The predicted octanol–water partition coefficient (Wildman–Crippen LogP) is 2.84. The molecule has 3 aromatic rings. The van der Waals surface area contributed by atoms with Crippen LogP contribution < -0.4 is 0 Å². The molecule has 0 saturated heterocycles. The van der Waals surface area contributed by atoms with Crippen molar-refractivity contribution >= 4 is 33.1 Å². The van der Waals surface area contributed by atoms with Gasteiger partial charge in [0.25, 0.3) is 0 Å². The van der Waals surface area contributed by atoms with Crippen LogP contribution in [0.25, 0.3) is 21.8 Å². The number of nitrogens with zero attached hydrogens (tertiary/aromatic N) is 2. The average molecular weight is 186 g/mol. The molecule has 62 valence electrons. The van der Waals surface area contributed by atoms with E-state index in [-0.39, 0.29) is 0 Å². The molecular formula is C10H6N2S. The fraction of sp³-hybridized carbons (Fsp3) is 0. The van der Waals surface area contributed by atoms with E-state index in [0.717, 1.165) is 11.0 Å². The van der Waals surface area contributed by atoms with Crippen LogP contribution in [0.2, 0.25) is 0 Å². The van der Waals surface area contributed by atoms with Crippen molar-refractivity contribution in [1.29, 1.82) is 0 Å². The lowest BCUT2D eigenvalue weighted by Crippen LogP contribution is -1.81. The number of aromatic nitrogens is 2. The van der Waals surface area contributed by atoms with Gasteiger partial charge in [0.2, 0.25) is 0 Å². The van der Waals surface area contributed by atoms with Gasteiger partial charge < -0.3 is 0 Å². The lowest BCUT2D eigenvalue weighted by molar-refractivity contribution is 1.37. The van der Waals surface area contributed by atoms with E-state index in [9.17, 15) is 0 Å². The largest absolute Gasteiger partial charge is 0.254 e. The van der Waals surface area contributed by atoms with Crippen molar-refractivity contribution in [3.63, 3.8) is 0 Å². The molecule has 0 spiro atoms. The minimum atomic E-state index is 0.966. The molecule has 3 rings (SSSR count). The molecule has 0 aliphatic rings. The summed E-state index contributed by atoms with van der Waals surface area (Å²) in [6, 6.07) is 3.90. The molecule has 3 heterocycles. The molecule has 0 saturated carbocycles. The van der Waals surface area contributed by atoms with Gasteiger partial charge in [-0.05, 0) is 12.1 Å². The number of hydrogen-bond donors (Lipinski definition) is 0. The van der Waals surface area contributed by atoms with Crippen LogP contribution in [0.1, 0.15) is 0 Å². The van der Waals surface area contributed by atoms with Crippen LogP contribution in [0.4, 0.5) is 0 Å².